The van der Waals surface area contributed by atoms with Gasteiger partial charge in [0.05, 0.1) is 6.04 Å². The van der Waals surface area contributed by atoms with E-state index < -0.39 is 0 Å². The van der Waals surface area contributed by atoms with Gasteiger partial charge in [-0.25, -0.2) is 0 Å². The summed E-state index contributed by atoms with van der Waals surface area (Å²) < 4.78 is 5.75. The standard InChI is InChI=1S/C14H23NO/c1-3-9-15-13(10-12-5-4-6-12)14-8-7-11(2)16-14/h7-8,12-13,15H,3-6,9-10H2,1-2H3. The minimum atomic E-state index is 0.430. The second-order valence-corrected chi connectivity index (χ2v) is 4.99. The Kier molecular flexibility index (Phi) is 4.05. The Morgan fingerprint density at radius 1 is 1.44 bits per heavy atom. The van der Waals surface area contributed by atoms with Crippen molar-refractivity contribution in [2.75, 3.05) is 6.54 Å². The van der Waals surface area contributed by atoms with Crippen LogP contribution >= 0.6 is 0 Å². The second kappa shape index (κ2) is 5.53. The zero-order valence-corrected chi connectivity index (χ0v) is 10.5. The average Bonchev–Trinajstić information content (AvgIpc) is 2.62. The molecule has 0 saturated heterocycles. The minimum Gasteiger partial charge on any atom is -0.465 e. The fraction of sp³-hybridized carbons (Fsp3) is 0.714. The van der Waals surface area contributed by atoms with E-state index in [1.54, 1.807) is 0 Å². The fourth-order valence-corrected chi connectivity index (χ4v) is 2.32. The molecule has 1 unspecified atom stereocenters. The summed E-state index contributed by atoms with van der Waals surface area (Å²) in [5.74, 6) is 3.06. The van der Waals surface area contributed by atoms with Crippen molar-refractivity contribution in [2.45, 2.75) is 52.0 Å². The summed E-state index contributed by atoms with van der Waals surface area (Å²) in [6.45, 7) is 5.31. The molecule has 1 aromatic heterocycles. The van der Waals surface area contributed by atoms with Gasteiger partial charge in [-0.3, -0.25) is 0 Å². The van der Waals surface area contributed by atoms with E-state index in [2.05, 4.69) is 24.4 Å². The van der Waals surface area contributed by atoms with Gasteiger partial charge >= 0.3 is 0 Å². The quantitative estimate of drug-likeness (QED) is 0.790. The first-order valence-corrected chi connectivity index (χ1v) is 6.59. The zero-order valence-electron chi connectivity index (χ0n) is 10.5. The molecule has 1 aliphatic rings. The monoisotopic (exact) mass is 221 g/mol. The lowest BCUT2D eigenvalue weighted by molar-refractivity contribution is 0.245. The molecule has 2 rings (SSSR count). The highest BCUT2D eigenvalue weighted by Crippen LogP contribution is 2.35. The lowest BCUT2D eigenvalue weighted by atomic mass is 9.80. The van der Waals surface area contributed by atoms with E-state index in [-0.39, 0.29) is 0 Å². The normalized spacial score (nSPS) is 18.4. The fourth-order valence-electron chi connectivity index (χ4n) is 2.32. The molecule has 2 heteroatoms. The molecule has 0 spiro atoms. The molecule has 0 aliphatic heterocycles. The van der Waals surface area contributed by atoms with E-state index in [0.717, 1.165) is 24.0 Å². The Hall–Kier alpha value is -0.760. The number of furan rings is 1. The second-order valence-electron chi connectivity index (χ2n) is 4.99. The van der Waals surface area contributed by atoms with Crippen LogP contribution in [0.5, 0.6) is 0 Å². The average molecular weight is 221 g/mol. The summed E-state index contributed by atoms with van der Waals surface area (Å²) in [5.41, 5.74) is 0. The Labute approximate surface area is 98.4 Å². The molecule has 1 N–H and O–H groups in total. The van der Waals surface area contributed by atoms with Gasteiger partial charge in [0.1, 0.15) is 11.5 Å². The van der Waals surface area contributed by atoms with Crippen LogP contribution in [0.4, 0.5) is 0 Å². The molecule has 1 heterocycles. The van der Waals surface area contributed by atoms with Crippen molar-refractivity contribution < 1.29 is 4.42 Å². The van der Waals surface area contributed by atoms with Gasteiger partial charge in [0.2, 0.25) is 0 Å². The first-order chi connectivity index (χ1) is 7.79. The first kappa shape index (κ1) is 11.7. The van der Waals surface area contributed by atoms with Gasteiger partial charge in [-0.2, -0.15) is 0 Å². The number of nitrogens with one attached hydrogen (secondary N) is 1. The summed E-state index contributed by atoms with van der Waals surface area (Å²) >= 11 is 0. The maximum absolute atomic E-state index is 5.75. The minimum absolute atomic E-state index is 0.430. The van der Waals surface area contributed by atoms with Crippen LogP contribution < -0.4 is 5.32 Å². The third-order valence-electron chi connectivity index (χ3n) is 3.54. The maximum Gasteiger partial charge on any atom is 0.121 e. The summed E-state index contributed by atoms with van der Waals surface area (Å²) in [4.78, 5) is 0. The predicted octanol–water partition coefficient (Wildman–Crippen LogP) is 3.82. The highest BCUT2D eigenvalue weighted by Gasteiger charge is 2.24. The van der Waals surface area contributed by atoms with E-state index in [9.17, 15) is 0 Å². The molecule has 0 radical (unpaired) electrons. The van der Waals surface area contributed by atoms with E-state index >= 15 is 0 Å². The van der Waals surface area contributed by atoms with Crippen molar-refractivity contribution in [3.05, 3.63) is 23.7 Å². The van der Waals surface area contributed by atoms with Crippen LogP contribution in [0.1, 0.15) is 56.6 Å². The number of hydrogen-bond acceptors (Lipinski definition) is 2. The summed E-state index contributed by atoms with van der Waals surface area (Å²) in [5, 5.41) is 3.60. The van der Waals surface area contributed by atoms with Gasteiger partial charge in [-0.05, 0) is 44.4 Å². The van der Waals surface area contributed by atoms with Crippen molar-refractivity contribution in [1.29, 1.82) is 0 Å². The Morgan fingerprint density at radius 2 is 2.25 bits per heavy atom. The van der Waals surface area contributed by atoms with Crippen LogP contribution in [-0.4, -0.2) is 6.54 Å². The van der Waals surface area contributed by atoms with E-state index in [1.165, 1.54) is 32.1 Å². The van der Waals surface area contributed by atoms with Gasteiger partial charge in [0.15, 0.2) is 0 Å². The van der Waals surface area contributed by atoms with E-state index in [0.29, 0.717) is 6.04 Å². The SMILES string of the molecule is CCCNC(CC1CCC1)c1ccc(C)o1. The highest BCUT2D eigenvalue weighted by molar-refractivity contribution is 5.10. The predicted molar refractivity (Wildman–Crippen MR) is 66.4 cm³/mol. The molecule has 1 fully saturated rings. The Morgan fingerprint density at radius 3 is 2.75 bits per heavy atom. The van der Waals surface area contributed by atoms with Crippen LogP contribution in [0.15, 0.2) is 16.5 Å². The van der Waals surface area contributed by atoms with Crippen LogP contribution in [0.3, 0.4) is 0 Å². The van der Waals surface area contributed by atoms with Crippen molar-refractivity contribution in [3.63, 3.8) is 0 Å². The van der Waals surface area contributed by atoms with Gasteiger partial charge < -0.3 is 9.73 Å². The molecular weight excluding hydrogens is 198 g/mol. The smallest absolute Gasteiger partial charge is 0.121 e. The van der Waals surface area contributed by atoms with Crippen LogP contribution in [0, 0.1) is 12.8 Å². The number of hydrogen-bond donors (Lipinski definition) is 1. The molecule has 16 heavy (non-hydrogen) atoms. The van der Waals surface area contributed by atoms with Gasteiger partial charge in [0, 0.05) is 0 Å². The summed E-state index contributed by atoms with van der Waals surface area (Å²) in [6.07, 6.45) is 6.66. The topological polar surface area (TPSA) is 25.2 Å². The van der Waals surface area contributed by atoms with Crippen LogP contribution in [0.25, 0.3) is 0 Å². The molecule has 1 aliphatic carbocycles. The van der Waals surface area contributed by atoms with Crippen molar-refractivity contribution in [2.24, 2.45) is 5.92 Å². The molecule has 1 saturated carbocycles. The molecule has 0 aromatic carbocycles. The first-order valence-electron chi connectivity index (χ1n) is 6.59. The molecule has 1 atom stereocenters. The third-order valence-corrected chi connectivity index (χ3v) is 3.54. The summed E-state index contributed by atoms with van der Waals surface area (Å²) in [7, 11) is 0. The van der Waals surface area contributed by atoms with Crippen LogP contribution in [0.2, 0.25) is 0 Å². The van der Waals surface area contributed by atoms with Gasteiger partial charge in [0.25, 0.3) is 0 Å². The largest absolute Gasteiger partial charge is 0.465 e. The Balaban J connectivity index is 1.95. The summed E-state index contributed by atoms with van der Waals surface area (Å²) in [6, 6.07) is 4.62. The van der Waals surface area contributed by atoms with Crippen LogP contribution in [-0.2, 0) is 0 Å². The number of rotatable bonds is 6. The molecule has 0 bridgehead atoms. The van der Waals surface area contributed by atoms with Gasteiger partial charge in [-0.15, -0.1) is 0 Å². The molecule has 1 aromatic rings. The Bertz CT molecular complexity index is 314. The zero-order chi connectivity index (χ0) is 11.4. The van der Waals surface area contributed by atoms with Gasteiger partial charge in [-0.1, -0.05) is 26.2 Å². The van der Waals surface area contributed by atoms with Crippen molar-refractivity contribution in [3.8, 4) is 0 Å². The maximum atomic E-state index is 5.75. The highest BCUT2D eigenvalue weighted by atomic mass is 16.3. The third kappa shape index (κ3) is 2.88. The van der Waals surface area contributed by atoms with E-state index in [1.807, 2.05) is 6.92 Å². The van der Waals surface area contributed by atoms with Crippen molar-refractivity contribution >= 4 is 0 Å². The molecule has 2 nitrogen and oxygen atoms in total. The lowest BCUT2D eigenvalue weighted by Crippen LogP contribution is -2.26. The molecular formula is C14H23NO. The lowest BCUT2D eigenvalue weighted by Gasteiger charge is -2.29. The van der Waals surface area contributed by atoms with E-state index in [4.69, 9.17) is 4.42 Å². The molecule has 0 amide bonds. The number of aryl methyl sites for hydroxylation is 1. The van der Waals surface area contributed by atoms with Crippen molar-refractivity contribution in [1.82, 2.24) is 5.32 Å². The molecule has 90 valence electrons.